The van der Waals surface area contributed by atoms with Gasteiger partial charge in [0.2, 0.25) is 5.91 Å². The van der Waals surface area contributed by atoms with Gasteiger partial charge in [-0.2, -0.15) is 0 Å². The Morgan fingerprint density at radius 2 is 1.81 bits per heavy atom. The molecular weight excluding hydrogens is 397 g/mol. The molecule has 2 aliphatic rings. The van der Waals surface area contributed by atoms with E-state index in [0.29, 0.717) is 11.1 Å². The third-order valence-corrected chi connectivity index (χ3v) is 5.80. The molecule has 154 valence electrons. The molecule has 1 amide bonds. The van der Waals surface area contributed by atoms with Crippen LogP contribution in [0.25, 0.3) is 11.1 Å². The first-order valence-electron chi connectivity index (χ1n) is 10.00. The summed E-state index contributed by atoms with van der Waals surface area (Å²) in [7, 11) is 0. The molecule has 6 heteroatoms. The number of rotatable bonds is 4. The molecule has 1 aliphatic carbocycles. The fourth-order valence-electron chi connectivity index (χ4n) is 4.27. The molecule has 0 fully saturated rings. The van der Waals surface area contributed by atoms with Gasteiger partial charge in [-0.05, 0) is 52.4 Å². The molecule has 0 radical (unpaired) electrons. The highest BCUT2D eigenvalue weighted by atomic mass is 19.1. The summed E-state index contributed by atoms with van der Waals surface area (Å²) >= 11 is 0. The van der Waals surface area contributed by atoms with E-state index in [-0.39, 0.29) is 17.9 Å². The summed E-state index contributed by atoms with van der Waals surface area (Å²) in [6, 6.07) is 17.4. The Labute approximate surface area is 177 Å². The quantitative estimate of drug-likeness (QED) is 0.400. The molecule has 0 aromatic heterocycles. The molecule has 0 saturated carbocycles. The number of anilines is 1. The molecule has 1 heterocycles. The van der Waals surface area contributed by atoms with Crippen molar-refractivity contribution in [2.24, 2.45) is 0 Å². The van der Waals surface area contributed by atoms with E-state index in [4.69, 9.17) is 4.74 Å². The van der Waals surface area contributed by atoms with Crippen molar-refractivity contribution < 1.29 is 23.5 Å². The first-order chi connectivity index (χ1) is 15.0. The molecule has 5 nitrogen and oxygen atoms in total. The average molecular weight is 415 g/mol. The first kappa shape index (κ1) is 19.2. The summed E-state index contributed by atoms with van der Waals surface area (Å²) in [4.78, 5) is 37.2. The second-order valence-electron chi connectivity index (χ2n) is 7.77. The minimum absolute atomic E-state index is 0.110. The van der Waals surface area contributed by atoms with E-state index in [9.17, 15) is 18.8 Å². The van der Waals surface area contributed by atoms with E-state index in [2.05, 4.69) is 11.4 Å². The minimum Gasteiger partial charge on any atom is -0.457 e. The number of esters is 1. The van der Waals surface area contributed by atoms with Gasteiger partial charge in [0, 0.05) is 17.7 Å². The molecule has 0 saturated heterocycles. The third kappa shape index (κ3) is 3.50. The highest BCUT2D eigenvalue weighted by Gasteiger charge is 2.32. The topological polar surface area (TPSA) is 72.5 Å². The van der Waals surface area contributed by atoms with E-state index in [0.717, 1.165) is 23.1 Å². The summed E-state index contributed by atoms with van der Waals surface area (Å²) < 4.78 is 18.7. The van der Waals surface area contributed by atoms with Crippen LogP contribution in [-0.2, 0) is 20.7 Å². The molecule has 1 aliphatic heterocycles. The van der Waals surface area contributed by atoms with Crippen molar-refractivity contribution in [3.05, 3.63) is 88.7 Å². The predicted molar refractivity (Wildman–Crippen MR) is 112 cm³/mol. The van der Waals surface area contributed by atoms with Gasteiger partial charge in [0.1, 0.15) is 5.82 Å². The Morgan fingerprint density at radius 3 is 2.68 bits per heavy atom. The summed E-state index contributed by atoms with van der Waals surface area (Å²) in [6.45, 7) is -0.423. The maximum Gasteiger partial charge on any atom is 0.314 e. The smallest absolute Gasteiger partial charge is 0.314 e. The van der Waals surface area contributed by atoms with Crippen molar-refractivity contribution in [3.8, 4) is 11.1 Å². The Balaban J connectivity index is 1.31. The minimum atomic E-state index is -0.871. The van der Waals surface area contributed by atoms with Crippen molar-refractivity contribution in [2.75, 3.05) is 11.9 Å². The van der Waals surface area contributed by atoms with Crippen molar-refractivity contribution in [2.45, 2.75) is 18.8 Å². The SMILES string of the molecule is O=C1CC(C(=O)OCC(=O)c2ccc3c(c2)-c2ccccc2C3)c2ccc(F)cc2N1. The molecule has 1 unspecified atom stereocenters. The first-order valence-corrected chi connectivity index (χ1v) is 10.00. The average Bonchev–Trinajstić information content (AvgIpc) is 3.14. The van der Waals surface area contributed by atoms with E-state index >= 15 is 0 Å². The van der Waals surface area contributed by atoms with Crippen LogP contribution in [0, 0.1) is 5.82 Å². The van der Waals surface area contributed by atoms with Gasteiger partial charge in [0.25, 0.3) is 0 Å². The van der Waals surface area contributed by atoms with Gasteiger partial charge in [-0.25, -0.2) is 4.39 Å². The number of nitrogens with one attached hydrogen (secondary N) is 1. The monoisotopic (exact) mass is 415 g/mol. The molecule has 0 bridgehead atoms. The van der Waals surface area contributed by atoms with E-state index in [1.807, 2.05) is 30.3 Å². The number of carbonyl (C=O) groups is 3. The van der Waals surface area contributed by atoms with Gasteiger partial charge in [-0.1, -0.05) is 42.5 Å². The second-order valence-corrected chi connectivity index (χ2v) is 7.77. The van der Waals surface area contributed by atoms with Crippen LogP contribution in [0.1, 0.15) is 39.4 Å². The maximum atomic E-state index is 13.5. The zero-order valence-corrected chi connectivity index (χ0v) is 16.5. The molecular formula is C25H18FNO4. The number of benzene rings is 3. The molecule has 1 atom stereocenters. The van der Waals surface area contributed by atoms with Crippen LogP contribution in [0.5, 0.6) is 0 Å². The van der Waals surface area contributed by atoms with Crippen LogP contribution < -0.4 is 5.32 Å². The Morgan fingerprint density at radius 1 is 1.00 bits per heavy atom. The van der Waals surface area contributed by atoms with Crippen molar-refractivity contribution in [1.29, 1.82) is 0 Å². The van der Waals surface area contributed by atoms with Gasteiger partial charge < -0.3 is 10.1 Å². The fourth-order valence-corrected chi connectivity index (χ4v) is 4.27. The fraction of sp³-hybridized carbons (Fsp3) is 0.160. The van der Waals surface area contributed by atoms with Crippen LogP contribution in [0.3, 0.4) is 0 Å². The third-order valence-electron chi connectivity index (χ3n) is 5.80. The number of fused-ring (bicyclic) bond motifs is 4. The standard InChI is InChI=1S/C25H18FNO4/c26-17-7-8-19-21(12-24(29)27-22(19)11-17)25(30)31-13-23(28)16-6-5-15-9-14-3-1-2-4-18(14)20(15)10-16/h1-8,10-11,21H,9,12-13H2,(H,27,29). The summed E-state index contributed by atoms with van der Waals surface area (Å²) in [5, 5.41) is 2.55. The summed E-state index contributed by atoms with van der Waals surface area (Å²) in [5.74, 6) is -2.78. The van der Waals surface area contributed by atoms with Gasteiger partial charge in [-0.3, -0.25) is 14.4 Å². The van der Waals surface area contributed by atoms with E-state index in [1.54, 1.807) is 6.07 Å². The zero-order valence-electron chi connectivity index (χ0n) is 16.5. The van der Waals surface area contributed by atoms with E-state index in [1.165, 1.54) is 23.8 Å². The van der Waals surface area contributed by atoms with Crippen LogP contribution in [-0.4, -0.2) is 24.3 Å². The molecule has 31 heavy (non-hydrogen) atoms. The Bertz CT molecular complexity index is 1250. The van der Waals surface area contributed by atoms with Crippen molar-refractivity contribution in [3.63, 3.8) is 0 Å². The number of hydrogen-bond acceptors (Lipinski definition) is 4. The van der Waals surface area contributed by atoms with Crippen molar-refractivity contribution in [1.82, 2.24) is 0 Å². The van der Waals surface area contributed by atoms with Crippen molar-refractivity contribution >= 4 is 23.3 Å². The lowest BCUT2D eigenvalue weighted by atomic mass is 9.90. The number of amides is 1. The maximum absolute atomic E-state index is 13.5. The lowest BCUT2D eigenvalue weighted by molar-refractivity contribution is -0.145. The van der Waals surface area contributed by atoms with Crippen LogP contribution in [0.4, 0.5) is 10.1 Å². The lowest BCUT2D eigenvalue weighted by Gasteiger charge is -2.24. The number of ether oxygens (including phenoxy) is 1. The van der Waals surface area contributed by atoms with Gasteiger partial charge in [0.05, 0.1) is 5.92 Å². The molecule has 0 spiro atoms. The number of Topliss-reactive ketones (excluding diaryl/α,β-unsaturated/α-hetero) is 1. The highest BCUT2D eigenvalue weighted by Crippen LogP contribution is 2.37. The number of ketones is 1. The molecule has 5 rings (SSSR count). The largest absolute Gasteiger partial charge is 0.457 e. The lowest BCUT2D eigenvalue weighted by Crippen LogP contribution is -2.29. The normalized spacial score (nSPS) is 16.0. The number of halogens is 1. The van der Waals surface area contributed by atoms with Crippen LogP contribution in [0.2, 0.25) is 0 Å². The second kappa shape index (κ2) is 7.47. The predicted octanol–water partition coefficient (Wildman–Crippen LogP) is 4.25. The number of carbonyl (C=O) groups excluding carboxylic acids is 3. The van der Waals surface area contributed by atoms with Gasteiger partial charge in [-0.15, -0.1) is 0 Å². The van der Waals surface area contributed by atoms with Crippen LogP contribution >= 0.6 is 0 Å². The highest BCUT2D eigenvalue weighted by molar-refractivity contribution is 6.02. The summed E-state index contributed by atoms with van der Waals surface area (Å²) in [5.41, 5.74) is 5.71. The van der Waals surface area contributed by atoms with Crippen LogP contribution in [0.15, 0.2) is 60.7 Å². The summed E-state index contributed by atoms with van der Waals surface area (Å²) in [6.07, 6.45) is 0.722. The molecule has 3 aromatic carbocycles. The van der Waals surface area contributed by atoms with Gasteiger partial charge in [0.15, 0.2) is 12.4 Å². The van der Waals surface area contributed by atoms with E-state index < -0.39 is 30.2 Å². The number of hydrogen-bond donors (Lipinski definition) is 1. The Kier molecular flexibility index (Phi) is 4.62. The zero-order chi connectivity index (χ0) is 21.5. The van der Waals surface area contributed by atoms with Gasteiger partial charge >= 0.3 is 5.97 Å². The molecule has 3 aromatic rings. The molecule has 1 N–H and O–H groups in total. The Hall–Kier alpha value is -3.80.